The van der Waals surface area contributed by atoms with Gasteiger partial charge in [0.25, 0.3) is 0 Å². The molecule has 0 bridgehead atoms. The van der Waals surface area contributed by atoms with E-state index in [4.69, 9.17) is 4.74 Å². The van der Waals surface area contributed by atoms with Gasteiger partial charge in [-0.1, -0.05) is 19.4 Å². The third-order valence-corrected chi connectivity index (χ3v) is 2.24. The van der Waals surface area contributed by atoms with Crippen LogP contribution in [-0.2, 0) is 0 Å². The fraction of sp³-hybridized carbons (Fsp3) is 0.417. The van der Waals surface area contributed by atoms with E-state index in [1.54, 1.807) is 6.07 Å². The van der Waals surface area contributed by atoms with E-state index in [1.165, 1.54) is 19.2 Å². The smallest absolute Gasteiger partial charge is 0.175 e. The van der Waals surface area contributed by atoms with Gasteiger partial charge in [-0.3, -0.25) is 4.79 Å². The fourth-order valence-electron chi connectivity index (χ4n) is 1.36. The molecule has 0 spiro atoms. The van der Waals surface area contributed by atoms with Crippen molar-refractivity contribution in [1.82, 2.24) is 0 Å². The quantitative estimate of drug-likeness (QED) is 0.697. The molecular weight excluding hydrogens is 195 g/mol. The number of ether oxygens (including phenoxy) is 1. The molecule has 0 saturated heterocycles. The first-order valence-electron chi connectivity index (χ1n) is 5.06. The summed E-state index contributed by atoms with van der Waals surface area (Å²) in [4.78, 5) is 11.6. The van der Waals surface area contributed by atoms with E-state index < -0.39 is 5.82 Å². The first-order valence-corrected chi connectivity index (χ1v) is 5.06. The number of methoxy groups -OCH3 is 1. The van der Waals surface area contributed by atoms with Crippen LogP contribution in [0.4, 0.5) is 4.39 Å². The number of carbonyl (C=O) groups is 1. The predicted octanol–water partition coefficient (Wildman–Crippen LogP) is 3.21. The Morgan fingerprint density at radius 1 is 1.47 bits per heavy atom. The molecule has 0 heterocycles. The Kier molecular flexibility index (Phi) is 4.28. The highest BCUT2D eigenvalue weighted by molar-refractivity contribution is 5.96. The molecule has 0 unspecified atom stereocenters. The molecule has 15 heavy (non-hydrogen) atoms. The number of carbonyl (C=O) groups excluding carboxylic acids is 1. The van der Waals surface area contributed by atoms with Gasteiger partial charge >= 0.3 is 0 Å². The average molecular weight is 210 g/mol. The number of benzene rings is 1. The Bertz CT molecular complexity index is 347. The topological polar surface area (TPSA) is 26.3 Å². The van der Waals surface area contributed by atoms with Crippen molar-refractivity contribution in [2.24, 2.45) is 0 Å². The van der Waals surface area contributed by atoms with Crippen molar-refractivity contribution in [1.29, 1.82) is 0 Å². The van der Waals surface area contributed by atoms with Crippen molar-refractivity contribution in [2.75, 3.05) is 7.11 Å². The standard InChI is InChI=1S/C12H15FO2/c1-3-4-7-10(14)9-6-5-8-11(15-2)12(9)13/h5-6,8H,3-4,7H2,1-2H3. The molecule has 3 heteroatoms. The van der Waals surface area contributed by atoms with Crippen LogP contribution in [0.25, 0.3) is 0 Å². The van der Waals surface area contributed by atoms with E-state index in [0.717, 1.165) is 12.8 Å². The molecule has 0 aliphatic heterocycles. The van der Waals surface area contributed by atoms with Crippen LogP contribution in [-0.4, -0.2) is 12.9 Å². The number of unbranched alkanes of at least 4 members (excludes halogenated alkanes) is 1. The van der Waals surface area contributed by atoms with E-state index in [2.05, 4.69) is 0 Å². The van der Waals surface area contributed by atoms with Gasteiger partial charge in [-0.25, -0.2) is 4.39 Å². The highest BCUT2D eigenvalue weighted by Gasteiger charge is 2.14. The Morgan fingerprint density at radius 2 is 2.20 bits per heavy atom. The maximum Gasteiger partial charge on any atom is 0.175 e. The molecule has 0 amide bonds. The van der Waals surface area contributed by atoms with Gasteiger partial charge in [0.15, 0.2) is 17.3 Å². The van der Waals surface area contributed by atoms with E-state index in [1.807, 2.05) is 6.92 Å². The molecule has 82 valence electrons. The van der Waals surface area contributed by atoms with E-state index in [-0.39, 0.29) is 17.1 Å². The summed E-state index contributed by atoms with van der Waals surface area (Å²) >= 11 is 0. The first-order chi connectivity index (χ1) is 7.20. The Hall–Kier alpha value is -1.38. The lowest BCUT2D eigenvalue weighted by molar-refractivity contribution is 0.0975. The van der Waals surface area contributed by atoms with Crippen LogP contribution < -0.4 is 4.74 Å². The van der Waals surface area contributed by atoms with Crippen LogP contribution in [0.1, 0.15) is 36.5 Å². The summed E-state index contributed by atoms with van der Waals surface area (Å²) in [6.45, 7) is 2.00. The molecule has 0 atom stereocenters. The Labute approximate surface area is 89.1 Å². The summed E-state index contributed by atoms with van der Waals surface area (Å²) in [5.41, 5.74) is 0.128. The highest BCUT2D eigenvalue weighted by atomic mass is 19.1. The molecule has 0 radical (unpaired) electrons. The Balaban J connectivity index is 2.89. The van der Waals surface area contributed by atoms with Crippen molar-refractivity contribution >= 4 is 5.78 Å². The van der Waals surface area contributed by atoms with E-state index in [9.17, 15) is 9.18 Å². The lowest BCUT2D eigenvalue weighted by atomic mass is 10.0. The Morgan fingerprint density at radius 3 is 2.80 bits per heavy atom. The van der Waals surface area contributed by atoms with Gasteiger partial charge in [0, 0.05) is 6.42 Å². The van der Waals surface area contributed by atoms with Gasteiger partial charge in [-0.15, -0.1) is 0 Å². The molecule has 1 rings (SSSR count). The zero-order valence-corrected chi connectivity index (χ0v) is 9.05. The summed E-state index contributed by atoms with van der Waals surface area (Å²) < 4.78 is 18.4. The molecule has 0 fully saturated rings. The number of Topliss-reactive ketones (excluding diaryl/α,β-unsaturated/α-hetero) is 1. The molecule has 0 saturated carbocycles. The summed E-state index contributed by atoms with van der Waals surface area (Å²) in [7, 11) is 1.39. The van der Waals surface area contributed by atoms with Crippen LogP contribution in [0, 0.1) is 5.82 Å². The van der Waals surface area contributed by atoms with Gasteiger partial charge in [0.2, 0.25) is 0 Å². The number of hydrogen-bond donors (Lipinski definition) is 0. The van der Waals surface area contributed by atoms with Crippen molar-refractivity contribution in [2.45, 2.75) is 26.2 Å². The number of ketones is 1. The minimum atomic E-state index is -0.555. The van der Waals surface area contributed by atoms with Gasteiger partial charge in [-0.2, -0.15) is 0 Å². The van der Waals surface area contributed by atoms with Crippen LogP contribution >= 0.6 is 0 Å². The molecular formula is C12H15FO2. The van der Waals surface area contributed by atoms with Crippen LogP contribution in [0.5, 0.6) is 5.75 Å². The zero-order valence-electron chi connectivity index (χ0n) is 9.05. The number of rotatable bonds is 5. The zero-order chi connectivity index (χ0) is 11.3. The normalized spacial score (nSPS) is 10.1. The first kappa shape index (κ1) is 11.7. The van der Waals surface area contributed by atoms with Crippen molar-refractivity contribution in [3.63, 3.8) is 0 Å². The molecule has 2 nitrogen and oxygen atoms in total. The molecule has 0 aliphatic rings. The second-order valence-electron chi connectivity index (χ2n) is 3.35. The summed E-state index contributed by atoms with van der Waals surface area (Å²) in [5.74, 6) is -0.591. The average Bonchev–Trinajstić information content (AvgIpc) is 2.26. The third-order valence-electron chi connectivity index (χ3n) is 2.24. The number of halogens is 1. The van der Waals surface area contributed by atoms with Crippen LogP contribution in [0.15, 0.2) is 18.2 Å². The molecule has 0 aromatic heterocycles. The summed E-state index contributed by atoms with van der Waals surface area (Å²) in [5, 5.41) is 0. The SMILES string of the molecule is CCCCC(=O)c1cccc(OC)c1F. The van der Waals surface area contributed by atoms with Gasteiger partial charge < -0.3 is 4.74 Å². The highest BCUT2D eigenvalue weighted by Crippen LogP contribution is 2.21. The van der Waals surface area contributed by atoms with Crippen LogP contribution in [0.2, 0.25) is 0 Å². The summed E-state index contributed by atoms with van der Waals surface area (Å²) in [6, 6.07) is 4.63. The second kappa shape index (κ2) is 5.49. The van der Waals surface area contributed by atoms with Crippen molar-refractivity contribution < 1.29 is 13.9 Å². The van der Waals surface area contributed by atoms with Crippen LogP contribution in [0.3, 0.4) is 0 Å². The largest absolute Gasteiger partial charge is 0.494 e. The predicted molar refractivity (Wildman–Crippen MR) is 56.8 cm³/mol. The molecule has 1 aromatic rings. The monoisotopic (exact) mass is 210 g/mol. The second-order valence-corrected chi connectivity index (χ2v) is 3.35. The number of hydrogen-bond acceptors (Lipinski definition) is 2. The van der Waals surface area contributed by atoms with E-state index in [0.29, 0.717) is 6.42 Å². The van der Waals surface area contributed by atoms with Crippen molar-refractivity contribution in [3.8, 4) is 5.75 Å². The van der Waals surface area contributed by atoms with Gasteiger partial charge in [-0.05, 0) is 18.6 Å². The molecule has 0 N–H and O–H groups in total. The third kappa shape index (κ3) is 2.78. The minimum absolute atomic E-state index is 0.123. The minimum Gasteiger partial charge on any atom is -0.494 e. The fourth-order valence-corrected chi connectivity index (χ4v) is 1.36. The molecule has 1 aromatic carbocycles. The lowest BCUT2D eigenvalue weighted by Crippen LogP contribution is -2.03. The maximum atomic E-state index is 13.6. The summed E-state index contributed by atoms with van der Waals surface area (Å²) in [6.07, 6.45) is 2.10. The molecule has 0 aliphatic carbocycles. The lowest BCUT2D eigenvalue weighted by Gasteiger charge is -2.05. The van der Waals surface area contributed by atoms with Gasteiger partial charge in [0.1, 0.15) is 0 Å². The van der Waals surface area contributed by atoms with Gasteiger partial charge in [0.05, 0.1) is 12.7 Å². The van der Waals surface area contributed by atoms with Crippen molar-refractivity contribution in [3.05, 3.63) is 29.6 Å². The maximum absolute atomic E-state index is 13.6. The van der Waals surface area contributed by atoms with E-state index >= 15 is 0 Å².